The first-order chi connectivity index (χ1) is 15.3. The molecule has 0 aliphatic carbocycles. The van der Waals surface area contributed by atoms with Gasteiger partial charge in [-0.3, -0.25) is 10.1 Å². The Morgan fingerprint density at radius 3 is 2.31 bits per heavy atom. The summed E-state index contributed by atoms with van der Waals surface area (Å²) in [5.74, 6) is 0.911. The Labute approximate surface area is 194 Å². The van der Waals surface area contributed by atoms with Crippen LogP contribution in [0.3, 0.4) is 0 Å². The maximum absolute atomic E-state index is 12.8. The molecule has 32 heavy (non-hydrogen) atoms. The van der Waals surface area contributed by atoms with Crippen molar-refractivity contribution in [2.45, 2.75) is 24.7 Å². The van der Waals surface area contributed by atoms with Gasteiger partial charge in [-0.1, -0.05) is 19.1 Å². The lowest BCUT2D eigenvalue weighted by atomic mass is 10.0. The summed E-state index contributed by atoms with van der Waals surface area (Å²) in [5.41, 5.74) is 1.43. The highest BCUT2D eigenvalue weighted by Gasteiger charge is 2.27. The molecule has 7 nitrogen and oxygen atoms in total. The first kappa shape index (κ1) is 23.9. The maximum atomic E-state index is 12.8. The van der Waals surface area contributed by atoms with Crippen molar-refractivity contribution in [3.63, 3.8) is 0 Å². The number of nitrogens with zero attached hydrogens (tertiary/aromatic N) is 1. The van der Waals surface area contributed by atoms with Crippen LogP contribution in [-0.2, 0) is 14.8 Å². The lowest BCUT2D eigenvalue weighted by Gasteiger charge is -2.29. The summed E-state index contributed by atoms with van der Waals surface area (Å²) >= 11 is 5.18. The van der Waals surface area contributed by atoms with Crippen molar-refractivity contribution >= 4 is 45.0 Å². The fraction of sp³-hybridized carbons (Fsp3) is 0.304. The highest BCUT2D eigenvalue weighted by Crippen LogP contribution is 2.24. The van der Waals surface area contributed by atoms with Crippen LogP contribution in [-0.4, -0.2) is 43.9 Å². The summed E-state index contributed by atoms with van der Waals surface area (Å²) in [6.07, 6.45) is 4.79. The fourth-order valence-electron chi connectivity index (χ4n) is 3.29. The van der Waals surface area contributed by atoms with Crippen molar-refractivity contribution in [3.05, 3.63) is 60.2 Å². The van der Waals surface area contributed by atoms with Gasteiger partial charge >= 0.3 is 0 Å². The van der Waals surface area contributed by atoms with Crippen LogP contribution in [0.1, 0.15) is 25.3 Å². The highest BCUT2D eigenvalue weighted by atomic mass is 32.2. The van der Waals surface area contributed by atoms with E-state index >= 15 is 0 Å². The molecule has 0 atom stereocenters. The van der Waals surface area contributed by atoms with Gasteiger partial charge in [-0.05, 0) is 79.0 Å². The minimum absolute atomic E-state index is 0.120. The largest absolute Gasteiger partial charge is 0.497 e. The Morgan fingerprint density at radius 1 is 1.09 bits per heavy atom. The van der Waals surface area contributed by atoms with Crippen LogP contribution >= 0.6 is 12.2 Å². The zero-order valence-electron chi connectivity index (χ0n) is 18.1. The normalized spacial score (nSPS) is 15.4. The standard InChI is InChI=1S/C23H27N3O4S2/c1-17-13-15-26(16-14-17)32(28,29)21-10-6-19(7-11-21)24-23(31)25-22(27)12-5-18-3-8-20(30-2)9-4-18/h3-12,17H,13-16H2,1-2H3,(H2,24,25,27,31). The summed E-state index contributed by atoms with van der Waals surface area (Å²) in [7, 11) is -1.91. The lowest BCUT2D eigenvalue weighted by molar-refractivity contribution is -0.115. The molecule has 2 N–H and O–H groups in total. The fourth-order valence-corrected chi connectivity index (χ4v) is 4.98. The molecule has 1 saturated heterocycles. The minimum atomic E-state index is -3.50. The summed E-state index contributed by atoms with van der Waals surface area (Å²) in [6.45, 7) is 3.23. The molecular formula is C23H27N3O4S2. The minimum Gasteiger partial charge on any atom is -0.497 e. The summed E-state index contributed by atoms with van der Waals surface area (Å²) in [5, 5.41) is 5.58. The van der Waals surface area contributed by atoms with Gasteiger partial charge in [0.2, 0.25) is 15.9 Å². The van der Waals surface area contributed by atoms with Crippen LogP contribution in [0.25, 0.3) is 6.08 Å². The Balaban J connectivity index is 1.53. The molecule has 1 heterocycles. The van der Waals surface area contributed by atoms with Gasteiger partial charge in [-0.15, -0.1) is 0 Å². The number of carbonyl (C=O) groups excluding carboxylic acids is 1. The van der Waals surface area contributed by atoms with E-state index in [0.717, 1.165) is 24.2 Å². The van der Waals surface area contributed by atoms with E-state index in [1.807, 2.05) is 12.1 Å². The number of carbonyl (C=O) groups is 1. The smallest absolute Gasteiger partial charge is 0.250 e. The Hall–Kier alpha value is -2.75. The summed E-state index contributed by atoms with van der Waals surface area (Å²) < 4.78 is 32.2. The number of rotatable bonds is 6. The predicted octanol–water partition coefficient (Wildman–Crippen LogP) is 3.64. The second kappa shape index (κ2) is 10.7. The molecule has 0 bridgehead atoms. The van der Waals surface area contributed by atoms with Crippen molar-refractivity contribution in [1.82, 2.24) is 9.62 Å². The molecule has 2 aromatic rings. The molecule has 9 heteroatoms. The average molecular weight is 474 g/mol. The van der Waals surface area contributed by atoms with E-state index in [9.17, 15) is 13.2 Å². The molecule has 0 saturated carbocycles. The number of amides is 1. The Kier molecular flexibility index (Phi) is 8.00. The SMILES string of the molecule is COc1ccc(C=CC(=O)NC(=S)Nc2ccc(S(=O)(=O)N3CCC(C)CC3)cc2)cc1. The molecule has 1 aliphatic heterocycles. The molecule has 3 rings (SSSR count). The van der Waals surface area contributed by atoms with E-state index in [1.54, 1.807) is 49.6 Å². The van der Waals surface area contributed by atoms with E-state index in [4.69, 9.17) is 17.0 Å². The number of methoxy groups -OCH3 is 1. The number of hydrogen-bond donors (Lipinski definition) is 2. The van der Waals surface area contributed by atoms with Gasteiger partial charge in [0, 0.05) is 24.9 Å². The monoisotopic (exact) mass is 473 g/mol. The number of benzene rings is 2. The molecule has 0 aromatic heterocycles. The third-order valence-corrected chi connectivity index (χ3v) is 7.39. The molecule has 0 radical (unpaired) electrons. The quantitative estimate of drug-likeness (QED) is 0.492. The second-order valence-corrected chi connectivity index (χ2v) is 10.0. The van der Waals surface area contributed by atoms with Crippen LogP contribution in [0.2, 0.25) is 0 Å². The van der Waals surface area contributed by atoms with Crippen molar-refractivity contribution < 1.29 is 17.9 Å². The van der Waals surface area contributed by atoms with Crippen molar-refractivity contribution in [2.75, 3.05) is 25.5 Å². The van der Waals surface area contributed by atoms with Crippen LogP contribution in [0.5, 0.6) is 5.75 Å². The third kappa shape index (κ3) is 6.38. The van der Waals surface area contributed by atoms with Gasteiger partial charge in [0.05, 0.1) is 12.0 Å². The molecule has 1 aliphatic rings. The van der Waals surface area contributed by atoms with Crippen LogP contribution in [0.4, 0.5) is 5.69 Å². The van der Waals surface area contributed by atoms with E-state index in [2.05, 4.69) is 17.6 Å². The number of sulfonamides is 1. The van der Waals surface area contributed by atoms with E-state index in [-0.39, 0.29) is 15.9 Å². The first-order valence-electron chi connectivity index (χ1n) is 10.3. The zero-order valence-corrected chi connectivity index (χ0v) is 19.7. The van der Waals surface area contributed by atoms with Gasteiger partial charge in [-0.25, -0.2) is 8.42 Å². The molecular weight excluding hydrogens is 446 g/mol. The van der Waals surface area contributed by atoms with Crippen LogP contribution < -0.4 is 15.4 Å². The third-order valence-electron chi connectivity index (χ3n) is 5.27. The topological polar surface area (TPSA) is 87.7 Å². The summed E-state index contributed by atoms with van der Waals surface area (Å²) in [6, 6.07) is 13.6. The average Bonchev–Trinajstić information content (AvgIpc) is 2.78. The predicted molar refractivity (Wildman–Crippen MR) is 130 cm³/mol. The number of piperidine rings is 1. The molecule has 0 unspecified atom stereocenters. The summed E-state index contributed by atoms with van der Waals surface area (Å²) in [4.78, 5) is 12.3. The Bertz CT molecular complexity index is 1070. The van der Waals surface area contributed by atoms with Crippen molar-refractivity contribution in [2.24, 2.45) is 5.92 Å². The van der Waals surface area contributed by atoms with Gasteiger partial charge in [0.15, 0.2) is 5.11 Å². The molecule has 1 fully saturated rings. The van der Waals surface area contributed by atoms with Gasteiger partial charge in [0.1, 0.15) is 5.75 Å². The van der Waals surface area contributed by atoms with Crippen molar-refractivity contribution in [1.29, 1.82) is 0 Å². The molecule has 2 aromatic carbocycles. The molecule has 170 valence electrons. The second-order valence-electron chi connectivity index (χ2n) is 7.66. The van der Waals surface area contributed by atoms with Crippen LogP contribution in [0, 0.1) is 5.92 Å². The first-order valence-corrected chi connectivity index (χ1v) is 12.2. The van der Waals surface area contributed by atoms with Gasteiger partial charge < -0.3 is 10.1 Å². The molecule has 1 amide bonds. The number of anilines is 1. The lowest BCUT2D eigenvalue weighted by Crippen LogP contribution is -2.37. The van der Waals surface area contributed by atoms with Gasteiger partial charge in [0.25, 0.3) is 0 Å². The van der Waals surface area contributed by atoms with E-state index in [1.165, 1.54) is 10.4 Å². The van der Waals surface area contributed by atoms with E-state index in [0.29, 0.717) is 24.7 Å². The number of ether oxygens (including phenoxy) is 1. The van der Waals surface area contributed by atoms with Gasteiger partial charge in [-0.2, -0.15) is 4.31 Å². The maximum Gasteiger partial charge on any atom is 0.250 e. The van der Waals surface area contributed by atoms with Crippen LogP contribution in [0.15, 0.2) is 59.5 Å². The highest BCUT2D eigenvalue weighted by molar-refractivity contribution is 7.89. The zero-order chi connectivity index (χ0) is 23.1. The van der Waals surface area contributed by atoms with Crippen molar-refractivity contribution in [3.8, 4) is 5.75 Å². The number of thiocarbonyl (C=S) groups is 1. The number of hydrogen-bond acceptors (Lipinski definition) is 5. The Morgan fingerprint density at radius 2 is 1.72 bits per heavy atom. The van der Waals surface area contributed by atoms with E-state index < -0.39 is 10.0 Å². The number of nitrogens with one attached hydrogen (secondary N) is 2. The molecule has 0 spiro atoms.